The highest BCUT2D eigenvalue weighted by Gasteiger charge is 2.25. The van der Waals surface area contributed by atoms with E-state index < -0.39 is 12.0 Å². The molecule has 3 aromatic carbocycles. The molecule has 42 heavy (non-hydrogen) atoms. The second-order valence-electron chi connectivity index (χ2n) is 9.94. The summed E-state index contributed by atoms with van der Waals surface area (Å²) in [6.45, 7) is 1.08. The molecule has 1 amide bonds. The third-order valence-corrected chi connectivity index (χ3v) is 7.83. The summed E-state index contributed by atoms with van der Waals surface area (Å²) in [5.41, 5.74) is 4.81. The molecule has 0 unspecified atom stereocenters. The van der Waals surface area contributed by atoms with Gasteiger partial charge >= 0.3 is 5.97 Å². The van der Waals surface area contributed by atoms with Crippen molar-refractivity contribution >= 4 is 34.4 Å². The molecule has 0 saturated carbocycles. The van der Waals surface area contributed by atoms with Gasteiger partial charge in [0.2, 0.25) is 0 Å². The topological polar surface area (TPSA) is 102 Å². The van der Waals surface area contributed by atoms with Crippen LogP contribution in [-0.4, -0.2) is 51.2 Å². The van der Waals surface area contributed by atoms with Crippen LogP contribution in [0.25, 0.3) is 21.9 Å². The summed E-state index contributed by atoms with van der Waals surface area (Å²) in [4.78, 5) is 30.6. The van der Waals surface area contributed by atoms with E-state index in [9.17, 15) is 9.59 Å². The first-order valence-electron chi connectivity index (χ1n) is 13.5. The lowest BCUT2D eigenvalue weighted by molar-refractivity contribution is -0.142. The molecule has 2 heterocycles. The minimum absolute atomic E-state index is 0.334. The molecular weight excluding hydrogens is 546 g/mol. The van der Waals surface area contributed by atoms with E-state index in [0.717, 1.165) is 33.2 Å². The molecule has 1 N–H and O–H groups in total. The Balaban J connectivity index is 1.50. The van der Waals surface area contributed by atoms with Gasteiger partial charge in [-0.05, 0) is 52.5 Å². The minimum atomic E-state index is -0.743. The van der Waals surface area contributed by atoms with Crippen molar-refractivity contribution in [2.24, 2.45) is 0 Å². The number of nitriles is 1. The van der Waals surface area contributed by atoms with Gasteiger partial charge in [-0.3, -0.25) is 4.79 Å². The first-order chi connectivity index (χ1) is 20.5. The number of fused-ring (bicyclic) bond motifs is 1. The zero-order valence-electron chi connectivity index (χ0n) is 23.5. The van der Waals surface area contributed by atoms with Crippen molar-refractivity contribution in [3.05, 3.63) is 114 Å². The zero-order valence-corrected chi connectivity index (χ0v) is 24.3. The standard InChI is InChI=1S/C33H31N5O3S/c1-41-33(40)31(14-15-42-2)36-32(39)30-21-37(20-29(30)28-9-5-7-25-6-3-4-8-27(25)28)19-26-17-35-22-38(26)18-24-12-10-23(16-34)11-13-24/h3-13,17,20-22,31H,14-15,18-19H2,1-2H3,(H,36,39)/t31-/m0/s1. The Morgan fingerprint density at radius 2 is 1.81 bits per heavy atom. The Morgan fingerprint density at radius 3 is 2.57 bits per heavy atom. The number of esters is 1. The summed E-state index contributed by atoms with van der Waals surface area (Å²) in [6.07, 6.45) is 9.83. The molecule has 0 aliphatic heterocycles. The third-order valence-electron chi connectivity index (χ3n) is 7.19. The van der Waals surface area contributed by atoms with E-state index in [1.54, 1.807) is 30.2 Å². The molecule has 1 atom stereocenters. The quantitative estimate of drug-likeness (QED) is 0.208. The minimum Gasteiger partial charge on any atom is -0.467 e. The highest BCUT2D eigenvalue weighted by Crippen LogP contribution is 2.32. The summed E-state index contributed by atoms with van der Waals surface area (Å²) in [7, 11) is 1.33. The third kappa shape index (κ3) is 6.40. The summed E-state index contributed by atoms with van der Waals surface area (Å²) in [5.74, 6) is -0.0879. The Bertz CT molecular complexity index is 1740. The first kappa shape index (κ1) is 28.7. The molecule has 0 aliphatic carbocycles. The highest BCUT2D eigenvalue weighted by atomic mass is 32.2. The van der Waals surface area contributed by atoms with E-state index in [1.807, 2.05) is 84.0 Å². The number of nitrogens with one attached hydrogen (secondary N) is 1. The molecule has 8 nitrogen and oxygen atoms in total. The van der Waals surface area contributed by atoms with E-state index in [1.165, 1.54) is 7.11 Å². The molecule has 0 saturated heterocycles. The van der Waals surface area contributed by atoms with Gasteiger partial charge in [0.1, 0.15) is 6.04 Å². The molecule has 0 aliphatic rings. The Hall–Kier alpha value is -4.81. The fourth-order valence-corrected chi connectivity index (χ4v) is 5.48. The molecule has 2 aromatic heterocycles. The van der Waals surface area contributed by atoms with E-state index in [0.29, 0.717) is 36.4 Å². The second kappa shape index (κ2) is 13.2. The van der Waals surface area contributed by atoms with Gasteiger partial charge in [-0.25, -0.2) is 9.78 Å². The van der Waals surface area contributed by atoms with Crippen LogP contribution in [0.1, 0.15) is 33.6 Å². The van der Waals surface area contributed by atoms with E-state index in [-0.39, 0.29) is 5.91 Å². The van der Waals surface area contributed by atoms with Gasteiger partial charge in [-0.2, -0.15) is 17.0 Å². The van der Waals surface area contributed by atoms with E-state index >= 15 is 0 Å². The number of nitrogens with zero attached hydrogens (tertiary/aromatic N) is 4. The lowest BCUT2D eigenvalue weighted by Crippen LogP contribution is -2.42. The smallest absolute Gasteiger partial charge is 0.328 e. The van der Waals surface area contributed by atoms with Gasteiger partial charge < -0.3 is 19.2 Å². The van der Waals surface area contributed by atoms with Crippen molar-refractivity contribution in [1.29, 1.82) is 5.26 Å². The van der Waals surface area contributed by atoms with Crippen LogP contribution in [0.5, 0.6) is 0 Å². The van der Waals surface area contributed by atoms with Crippen molar-refractivity contribution < 1.29 is 14.3 Å². The molecule has 9 heteroatoms. The Labute approximate surface area is 248 Å². The highest BCUT2D eigenvalue weighted by molar-refractivity contribution is 7.98. The molecule has 0 radical (unpaired) electrons. The average Bonchev–Trinajstić information content (AvgIpc) is 3.65. The van der Waals surface area contributed by atoms with Crippen molar-refractivity contribution in [2.75, 3.05) is 19.1 Å². The van der Waals surface area contributed by atoms with Gasteiger partial charge in [0.15, 0.2) is 0 Å². The average molecular weight is 578 g/mol. The van der Waals surface area contributed by atoms with Gasteiger partial charge in [-0.15, -0.1) is 0 Å². The molecule has 0 spiro atoms. The number of rotatable bonds is 11. The number of ether oxygens (including phenoxy) is 1. The number of thioether (sulfide) groups is 1. The largest absolute Gasteiger partial charge is 0.467 e. The molecule has 212 valence electrons. The summed E-state index contributed by atoms with van der Waals surface area (Å²) < 4.78 is 9.00. The van der Waals surface area contributed by atoms with Crippen molar-refractivity contribution in [2.45, 2.75) is 25.6 Å². The summed E-state index contributed by atoms with van der Waals surface area (Å²) in [5, 5.41) is 14.1. The van der Waals surface area contributed by atoms with E-state index in [2.05, 4.69) is 20.9 Å². The van der Waals surface area contributed by atoms with Crippen LogP contribution in [0.2, 0.25) is 0 Å². The van der Waals surface area contributed by atoms with E-state index in [4.69, 9.17) is 10.00 Å². The predicted octanol–water partition coefficient (Wildman–Crippen LogP) is 5.50. The van der Waals surface area contributed by atoms with Gasteiger partial charge in [0.25, 0.3) is 5.91 Å². The van der Waals surface area contributed by atoms with Gasteiger partial charge in [-0.1, -0.05) is 54.6 Å². The number of hydrogen-bond acceptors (Lipinski definition) is 6. The number of hydrogen-bond donors (Lipinski definition) is 1. The molecular formula is C33H31N5O3S. The Kier molecular flexibility index (Phi) is 9.05. The van der Waals surface area contributed by atoms with Crippen molar-refractivity contribution in [3.63, 3.8) is 0 Å². The van der Waals surface area contributed by atoms with Crippen molar-refractivity contribution in [3.8, 4) is 17.2 Å². The van der Waals surface area contributed by atoms with Gasteiger partial charge in [0.05, 0.1) is 42.9 Å². The van der Waals surface area contributed by atoms with Crippen LogP contribution in [-0.2, 0) is 22.6 Å². The molecule has 0 bridgehead atoms. The number of aromatic nitrogens is 3. The van der Waals surface area contributed by atoms with Crippen LogP contribution in [0.3, 0.4) is 0 Å². The maximum atomic E-state index is 13.8. The number of imidazole rings is 1. The number of carbonyl (C=O) groups is 2. The van der Waals surface area contributed by atoms with Crippen LogP contribution in [0.4, 0.5) is 0 Å². The molecule has 5 rings (SSSR count). The number of amides is 1. The van der Waals surface area contributed by atoms with Crippen LogP contribution < -0.4 is 5.32 Å². The van der Waals surface area contributed by atoms with Crippen LogP contribution in [0.15, 0.2) is 91.6 Å². The SMILES string of the molecule is COC(=O)[C@H](CCSC)NC(=O)c1cn(Cc2cncn2Cc2ccc(C#N)cc2)cc1-c1cccc2ccccc12. The fourth-order valence-electron chi connectivity index (χ4n) is 5.01. The lowest BCUT2D eigenvalue weighted by atomic mass is 9.97. The second-order valence-corrected chi connectivity index (χ2v) is 10.9. The number of methoxy groups -OCH3 is 1. The van der Waals surface area contributed by atoms with Crippen LogP contribution in [0, 0.1) is 11.3 Å². The normalized spacial score (nSPS) is 11.6. The first-order valence-corrected chi connectivity index (χ1v) is 14.9. The maximum Gasteiger partial charge on any atom is 0.328 e. The maximum absolute atomic E-state index is 13.8. The number of carbonyl (C=O) groups excluding carboxylic acids is 2. The van der Waals surface area contributed by atoms with Crippen molar-refractivity contribution in [1.82, 2.24) is 19.4 Å². The lowest BCUT2D eigenvalue weighted by Gasteiger charge is -2.16. The molecule has 5 aromatic rings. The summed E-state index contributed by atoms with van der Waals surface area (Å²) in [6, 6.07) is 23.0. The Morgan fingerprint density at radius 1 is 1.02 bits per heavy atom. The fraction of sp³-hybridized carbons (Fsp3) is 0.212. The number of benzene rings is 3. The van der Waals surface area contributed by atoms with Crippen LogP contribution >= 0.6 is 11.8 Å². The zero-order chi connectivity index (χ0) is 29.5. The monoisotopic (exact) mass is 577 g/mol. The molecule has 0 fully saturated rings. The summed E-state index contributed by atoms with van der Waals surface area (Å²) >= 11 is 1.61. The predicted molar refractivity (Wildman–Crippen MR) is 165 cm³/mol. The van der Waals surface area contributed by atoms with Gasteiger partial charge in [0, 0.05) is 30.7 Å².